The number of hydrogen-bond acceptors (Lipinski definition) is 3. The highest BCUT2D eigenvalue weighted by atomic mass is 35.5. The molecular formula is C13H18ClNO2S. The van der Waals surface area contributed by atoms with Crippen LogP contribution in [0.2, 0.25) is 4.34 Å². The van der Waals surface area contributed by atoms with Crippen LogP contribution in [0.1, 0.15) is 36.7 Å². The average Bonchev–Trinajstić information content (AvgIpc) is 3.01. The van der Waals surface area contributed by atoms with Crippen LogP contribution >= 0.6 is 22.9 Å². The molecule has 100 valence electrons. The van der Waals surface area contributed by atoms with Crippen molar-refractivity contribution in [2.75, 3.05) is 13.7 Å². The number of carbonyl (C=O) groups is 1. The van der Waals surface area contributed by atoms with Gasteiger partial charge in [0.05, 0.1) is 4.34 Å². The summed E-state index contributed by atoms with van der Waals surface area (Å²) < 4.78 is 6.14. The fourth-order valence-electron chi connectivity index (χ4n) is 2.33. The summed E-state index contributed by atoms with van der Waals surface area (Å²) in [6, 6.07) is 3.80. The highest BCUT2D eigenvalue weighted by Crippen LogP contribution is 2.29. The van der Waals surface area contributed by atoms with Crippen LogP contribution < -0.4 is 5.32 Å². The van der Waals surface area contributed by atoms with Gasteiger partial charge < -0.3 is 10.1 Å². The first kappa shape index (κ1) is 13.8. The molecule has 5 heteroatoms. The summed E-state index contributed by atoms with van der Waals surface area (Å²) in [7, 11) is 1.65. The molecule has 1 aromatic heterocycles. The van der Waals surface area contributed by atoms with E-state index in [9.17, 15) is 4.79 Å². The van der Waals surface area contributed by atoms with Gasteiger partial charge in [0.2, 0.25) is 5.91 Å². The molecule has 1 aliphatic rings. The molecule has 1 N–H and O–H groups in total. The molecule has 1 saturated carbocycles. The predicted octanol–water partition coefficient (Wildman–Crippen LogP) is 3.40. The van der Waals surface area contributed by atoms with Gasteiger partial charge in [-0.1, -0.05) is 24.4 Å². The normalized spacial score (nSPS) is 17.9. The van der Waals surface area contributed by atoms with E-state index in [1.165, 1.54) is 24.2 Å². The van der Waals surface area contributed by atoms with E-state index in [-0.39, 0.29) is 17.9 Å². The number of hydrogen-bond donors (Lipinski definition) is 1. The number of methoxy groups -OCH3 is 1. The molecule has 0 radical (unpaired) electrons. The number of amides is 1. The number of ether oxygens (including phenoxy) is 1. The van der Waals surface area contributed by atoms with Crippen molar-refractivity contribution in [3.05, 3.63) is 21.3 Å². The largest absolute Gasteiger partial charge is 0.374 e. The van der Waals surface area contributed by atoms with Crippen molar-refractivity contribution in [3.63, 3.8) is 0 Å². The van der Waals surface area contributed by atoms with Crippen molar-refractivity contribution in [3.8, 4) is 0 Å². The van der Waals surface area contributed by atoms with Crippen molar-refractivity contribution in [2.45, 2.75) is 31.8 Å². The Labute approximate surface area is 116 Å². The molecule has 0 aliphatic heterocycles. The SMILES string of the molecule is COC(CNC(=O)C1CCCC1)c1ccc(Cl)s1. The lowest BCUT2D eigenvalue weighted by Gasteiger charge is -2.16. The van der Waals surface area contributed by atoms with Crippen LogP contribution in [0.3, 0.4) is 0 Å². The van der Waals surface area contributed by atoms with Crippen molar-refractivity contribution in [1.29, 1.82) is 0 Å². The summed E-state index contributed by atoms with van der Waals surface area (Å²) in [6.45, 7) is 0.517. The van der Waals surface area contributed by atoms with Crippen molar-refractivity contribution in [1.82, 2.24) is 5.32 Å². The monoisotopic (exact) mass is 287 g/mol. The third kappa shape index (κ3) is 3.46. The minimum absolute atomic E-state index is 0.104. The van der Waals surface area contributed by atoms with Crippen molar-refractivity contribution < 1.29 is 9.53 Å². The highest BCUT2D eigenvalue weighted by molar-refractivity contribution is 7.16. The van der Waals surface area contributed by atoms with Crippen LogP contribution in [0.25, 0.3) is 0 Å². The van der Waals surface area contributed by atoms with Crippen LogP contribution in [-0.2, 0) is 9.53 Å². The van der Waals surface area contributed by atoms with Crippen molar-refractivity contribution in [2.24, 2.45) is 5.92 Å². The average molecular weight is 288 g/mol. The smallest absolute Gasteiger partial charge is 0.223 e. The Hall–Kier alpha value is -0.580. The van der Waals surface area contributed by atoms with Gasteiger partial charge in [0.15, 0.2) is 0 Å². The van der Waals surface area contributed by atoms with Gasteiger partial charge in [-0.15, -0.1) is 11.3 Å². The van der Waals surface area contributed by atoms with E-state index >= 15 is 0 Å². The van der Waals surface area contributed by atoms with Gasteiger partial charge in [-0.2, -0.15) is 0 Å². The summed E-state index contributed by atoms with van der Waals surface area (Å²) >= 11 is 7.40. The molecule has 2 rings (SSSR count). The summed E-state index contributed by atoms with van der Waals surface area (Å²) in [5.41, 5.74) is 0. The van der Waals surface area contributed by atoms with Crippen LogP contribution in [-0.4, -0.2) is 19.6 Å². The van der Waals surface area contributed by atoms with Gasteiger partial charge >= 0.3 is 0 Å². The van der Waals surface area contributed by atoms with E-state index in [1.807, 2.05) is 12.1 Å². The lowest BCUT2D eigenvalue weighted by Crippen LogP contribution is -2.33. The zero-order valence-corrected chi connectivity index (χ0v) is 12.0. The quantitative estimate of drug-likeness (QED) is 0.901. The fraction of sp³-hybridized carbons (Fsp3) is 0.615. The molecule has 1 heterocycles. The Kier molecular flexibility index (Phi) is 5.03. The van der Waals surface area contributed by atoms with Gasteiger partial charge in [0, 0.05) is 24.4 Å². The minimum atomic E-state index is -0.104. The molecule has 18 heavy (non-hydrogen) atoms. The van der Waals surface area contributed by atoms with Crippen LogP contribution in [0.4, 0.5) is 0 Å². The Bertz CT molecular complexity index is 401. The predicted molar refractivity (Wildman–Crippen MR) is 74.0 cm³/mol. The molecule has 1 amide bonds. The van der Waals surface area contributed by atoms with Crippen LogP contribution in [0, 0.1) is 5.92 Å². The van der Waals surface area contributed by atoms with Gasteiger partial charge in [-0.25, -0.2) is 0 Å². The number of carbonyl (C=O) groups excluding carboxylic acids is 1. The van der Waals surface area contributed by atoms with Gasteiger partial charge in [-0.05, 0) is 25.0 Å². The topological polar surface area (TPSA) is 38.3 Å². The third-order valence-corrected chi connectivity index (χ3v) is 4.71. The van der Waals surface area contributed by atoms with E-state index in [4.69, 9.17) is 16.3 Å². The molecule has 0 aromatic carbocycles. The Morgan fingerprint density at radius 1 is 1.56 bits per heavy atom. The fourth-order valence-corrected chi connectivity index (χ4v) is 3.47. The standard InChI is InChI=1S/C13H18ClNO2S/c1-17-10(11-6-7-12(14)18-11)8-15-13(16)9-4-2-3-5-9/h6-7,9-10H,2-5,8H2,1H3,(H,15,16). The minimum Gasteiger partial charge on any atom is -0.374 e. The van der Waals surface area contributed by atoms with E-state index in [1.54, 1.807) is 7.11 Å². The molecule has 0 spiro atoms. The Morgan fingerprint density at radius 2 is 2.28 bits per heavy atom. The van der Waals surface area contributed by atoms with E-state index in [0.717, 1.165) is 22.1 Å². The Balaban J connectivity index is 1.85. The molecule has 1 aromatic rings. The summed E-state index contributed by atoms with van der Waals surface area (Å²) in [5.74, 6) is 0.367. The van der Waals surface area contributed by atoms with Gasteiger partial charge in [0.25, 0.3) is 0 Å². The van der Waals surface area contributed by atoms with E-state index in [2.05, 4.69) is 5.32 Å². The maximum Gasteiger partial charge on any atom is 0.223 e. The van der Waals surface area contributed by atoms with Gasteiger partial charge in [-0.3, -0.25) is 4.79 Å². The molecule has 1 fully saturated rings. The third-order valence-electron chi connectivity index (χ3n) is 3.38. The summed E-state index contributed by atoms with van der Waals surface area (Å²) in [6.07, 6.45) is 4.29. The highest BCUT2D eigenvalue weighted by Gasteiger charge is 2.23. The van der Waals surface area contributed by atoms with E-state index < -0.39 is 0 Å². The summed E-state index contributed by atoms with van der Waals surface area (Å²) in [4.78, 5) is 13.0. The first-order valence-corrected chi connectivity index (χ1v) is 7.46. The zero-order chi connectivity index (χ0) is 13.0. The molecule has 1 unspecified atom stereocenters. The van der Waals surface area contributed by atoms with Gasteiger partial charge in [0.1, 0.15) is 6.10 Å². The second-order valence-corrected chi connectivity index (χ2v) is 6.34. The van der Waals surface area contributed by atoms with E-state index in [0.29, 0.717) is 6.54 Å². The lowest BCUT2D eigenvalue weighted by atomic mass is 10.1. The first-order chi connectivity index (χ1) is 8.70. The number of nitrogens with one attached hydrogen (secondary N) is 1. The maximum absolute atomic E-state index is 11.9. The number of thiophene rings is 1. The number of rotatable bonds is 5. The molecule has 1 atom stereocenters. The Morgan fingerprint density at radius 3 is 2.83 bits per heavy atom. The second kappa shape index (κ2) is 6.55. The molecule has 0 saturated heterocycles. The number of halogens is 1. The summed E-state index contributed by atoms with van der Waals surface area (Å²) in [5, 5.41) is 2.98. The second-order valence-electron chi connectivity index (χ2n) is 4.59. The molecule has 1 aliphatic carbocycles. The van der Waals surface area contributed by atoms with Crippen LogP contribution in [0.5, 0.6) is 0 Å². The molecular weight excluding hydrogens is 270 g/mol. The zero-order valence-electron chi connectivity index (χ0n) is 10.4. The first-order valence-electron chi connectivity index (χ1n) is 6.26. The van der Waals surface area contributed by atoms with Crippen molar-refractivity contribution >= 4 is 28.8 Å². The maximum atomic E-state index is 11.9. The lowest BCUT2D eigenvalue weighted by molar-refractivity contribution is -0.125. The van der Waals surface area contributed by atoms with Crippen LogP contribution in [0.15, 0.2) is 12.1 Å². The molecule has 0 bridgehead atoms. The molecule has 3 nitrogen and oxygen atoms in total.